The summed E-state index contributed by atoms with van der Waals surface area (Å²) in [5, 5.41) is 1.48. The molecule has 3 atom stereocenters. The molecule has 0 bridgehead atoms. The molecule has 8 rings (SSSR count). The van der Waals surface area contributed by atoms with Crippen molar-refractivity contribution in [1.29, 1.82) is 0 Å². The van der Waals surface area contributed by atoms with E-state index in [1.54, 1.807) is 27.8 Å². The number of hydrogen-bond donors (Lipinski definition) is 0. The summed E-state index contributed by atoms with van der Waals surface area (Å²) in [5.74, 6) is 0.841. The Morgan fingerprint density at radius 3 is 2.07 bits per heavy atom. The average Bonchev–Trinajstić information content (AvgIpc) is 3.77. The van der Waals surface area contributed by atoms with Crippen LogP contribution in [0.1, 0.15) is 123 Å². The molecule has 56 heavy (non-hydrogen) atoms. The van der Waals surface area contributed by atoms with Crippen LogP contribution in [0.25, 0.3) is 33.3 Å². The van der Waals surface area contributed by atoms with Crippen LogP contribution in [0.2, 0.25) is 12.6 Å². The molecular weight excluding hydrogens is 821 g/mol. The predicted molar refractivity (Wildman–Crippen MR) is 244 cm³/mol. The molecule has 6 heteroatoms. The molecule has 1 fully saturated rings. The molecule has 0 saturated heterocycles. The summed E-state index contributed by atoms with van der Waals surface area (Å²) < 4.78 is 8.64. The molecule has 3 unspecified atom stereocenters. The third-order valence-electron chi connectivity index (χ3n) is 12.9. The molecular formula is C50H65Cl2NOSiZr. The Balaban J connectivity index is 0.00000116. The normalized spacial score (nSPS) is 17.9. The molecule has 0 spiro atoms. The van der Waals surface area contributed by atoms with E-state index in [0.717, 1.165) is 18.9 Å². The zero-order valence-corrected chi connectivity index (χ0v) is 40.4. The molecule has 1 saturated carbocycles. The minimum absolute atomic E-state index is 0. The van der Waals surface area contributed by atoms with Crippen LogP contribution in [-0.4, -0.2) is 24.8 Å². The number of rotatable bonds is 11. The van der Waals surface area contributed by atoms with Crippen molar-refractivity contribution < 1.29 is 25.6 Å². The summed E-state index contributed by atoms with van der Waals surface area (Å²) in [6.07, 6.45) is 13.2. The fourth-order valence-electron chi connectivity index (χ4n) is 10.6. The van der Waals surface area contributed by atoms with Crippen molar-refractivity contribution in [2.24, 2.45) is 13.0 Å². The van der Waals surface area contributed by atoms with Gasteiger partial charge < -0.3 is 24.2 Å². The van der Waals surface area contributed by atoms with E-state index in [0.29, 0.717) is 11.1 Å². The molecule has 4 aromatic carbocycles. The zero-order valence-electron chi connectivity index (χ0n) is 35.4. The van der Waals surface area contributed by atoms with Crippen molar-refractivity contribution >= 4 is 36.0 Å². The molecule has 3 aliphatic rings. The molecule has 1 heterocycles. The first-order valence-electron chi connectivity index (χ1n) is 20.6. The van der Waals surface area contributed by atoms with E-state index in [1.807, 2.05) is 0 Å². The van der Waals surface area contributed by atoms with Gasteiger partial charge in [-0.1, -0.05) is 142 Å². The fraction of sp³-hybridized carbons (Fsp3) is 0.440. The summed E-state index contributed by atoms with van der Waals surface area (Å²) in [7, 11) is 9.95. The SMILES string of the molecule is Cc1ccc2c(c1)c1c(n2C)-c2ccccc2C1[Si](C)(CCCCCCOC(C)(C)C)C1c2ccccc2-c2ccc(CC3CCCCC3)cc21.[CH3-].[CH3-].[Cl][Zr+2][Cl]. The first-order valence-corrected chi connectivity index (χ1v) is 29.8. The second kappa shape index (κ2) is 19.4. The Bertz CT molecular complexity index is 2080. The number of hydrogen-bond acceptors (Lipinski definition) is 1. The summed E-state index contributed by atoms with van der Waals surface area (Å²) in [4.78, 5) is 0. The van der Waals surface area contributed by atoms with Crippen molar-refractivity contribution in [2.45, 2.75) is 121 Å². The Morgan fingerprint density at radius 2 is 1.38 bits per heavy atom. The van der Waals surface area contributed by atoms with Crippen LogP contribution < -0.4 is 0 Å². The van der Waals surface area contributed by atoms with Crippen LogP contribution in [0.15, 0.2) is 84.9 Å². The molecule has 0 N–H and O–H groups in total. The van der Waals surface area contributed by atoms with Crippen molar-refractivity contribution in [3.05, 3.63) is 133 Å². The Hall–Kier alpha value is -1.94. The zero-order chi connectivity index (χ0) is 38.0. The number of aryl methyl sites for hydroxylation is 2. The van der Waals surface area contributed by atoms with Gasteiger partial charge in [0.25, 0.3) is 0 Å². The van der Waals surface area contributed by atoms with Gasteiger partial charge in [0, 0.05) is 41.2 Å². The summed E-state index contributed by atoms with van der Waals surface area (Å²) in [5.41, 5.74) is 17.5. The quantitative estimate of drug-likeness (QED) is 0.0732. The number of unbranched alkanes of at least 4 members (excludes halogenated alkanes) is 3. The average molecular weight is 886 g/mol. The standard InChI is InChI=1S/C48H59NOSi.2CH3.2ClH.Zr/c1-33-24-27-43-42(30-33)44-45(49(43)5)38-21-13-15-23-40(38)47(44)51(6,29-17-8-7-16-28-50-48(2,3)4)46-39-22-14-12-20-36(39)37-26-25-35(32-41(37)46)31-34-18-10-9-11-19-34;;;;;/h12-15,20-27,30,32,34,46-47H,7-11,16-19,28-29,31H2,1-6H3;2*1H3;2*1H;/q;2*-1;;;+4/p-2. The van der Waals surface area contributed by atoms with Crippen LogP contribution >= 0.6 is 17.0 Å². The topological polar surface area (TPSA) is 14.2 Å². The summed E-state index contributed by atoms with van der Waals surface area (Å²) in [6.45, 7) is 12.5. The van der Waals surface area contributed by atoms with Gasteiger partial charge in [-0.05, 0) is 97.5 Å². The van der Waals surface area contributed by atoms with Crippen LogP contribution in [0.4, 0.5) is 0 Å². The summed E-state index contributed by atoms with van der Waals surface area (Å²) >= 11 is -0.826. The van der Waals surface area contributed by atoms with E-state index in [2.05, 4.69) is 131 Å². The second-order valence-corrected chi connectivity index (χ2v) is 26.1. The third kappa shape index (κ3) is 9.11. The summed E-state index contributed by atoms with van der Waals surface area (Å²) in [6, 6.07) is 35.2. The first kappa shape index (κ1) is 45.1. The molecule has 0 amide bonds. The van der Waals surface area contributed by atoms with Gasteiger partial charge in [0.2, 0.25) is 0 Å². The molecule has 5 aromatic rings. The van der Waals surface area contributed by atoms with E-state index in [9.17, 15) is 0 Å². The first-order chi connectivity index (χ1) is 26.1. The molecule has 298 valence electrons. The van der Waals surface area contributed by atoms with Crippen LogP contribution in [0.5, 0.6) is 0 Å². The van der Waals surface area contributed by atoms with E-state index < -0.39 is 28.9 Å². The molecule has 2 nitrogen and oxygen atoms in total. The van der Waals surface area contributed by atoms with Gasteiger partial charge in [-0.15, -0.1) is 0 Å². The second-order valence-electron chi connectivity index (χ2n) is 17.7. The van der Waals surface area contributed by atoms with Gasteiger partial charge in [-0.25, -0.2) is 0 Å². The van der Waals surface area contributed by atoms with Crippen molar-refractivity contribution in [3.8, 4) is 22.4 Å². The molecule has 0 aliphatic heterocycles. The number of halogens is 2. The number of ether oxygens (including phenoxy) is 1. The van der Waals surface area contributed by atoms with E-state index in [1.165, 1.54) is 103 Å². The van der Waals surface area contributed by atoms with Crippen LogP contribution in [-0.2, 0) is 39.1 Å². The van der Waals surface area contributed by atoms with Gasteiger partial charge in [-0.3, -0.25) is 0 Å². The maximum atomic E-state index is 6.12. The van der Waals surface area contributed by atoms with Crippen molar-refractivity contribution in [2.75, 3.05) is 6.61 Å². The molecule has 0 radical (unpaired) electrons. The number of nitrogens with zero attached hydrogens (tertiary/aromatic N) is 1. The van der Waals surface area contributed by atoms with E-state index in [4.69, 9.17) is 21.8 Å². The monoisotopic (exact) mass is 883 g/mol. The van der Waals surface area contributed by atoms with Gasteiger partial charge in [-0.2, -0.15) is 0 Å². The Labute approximate surface area is 359 Å². The van der Waals surface area contributed by atoms with Gasteiger partial charge in [0.05, 0.1) is 19.4 Å². The third-order valence-corrected chi connectivity index (χ3v) is 18.2. The fourth-order valence-corrected chi connectivity index (χ4v) is 16.4. The van der Waals surface area contributed by atoms with Gasteiger partial charge in [0.1, 0.15) is 0 Å². The Kier molecular flexibility index (Phi) is 15.7. The number of benzene rings is 4. The predicted octanol–water partition coefficient (Wildman–Crippen LogP) is 15.3. The van der Waals surface area contributed by atoms with Crippen molar-refractivity contribution in [3.63, 3.8) is 0 Å². The number of fused-ring (bicyclic) bond motifs is 8. The minimum atomic E-state index is -2.23. The Morgan fingerprint density at radius 1 is 0.750 bits per heavy atom. The van der Waals surface area contributed by atoms with E-state index in [-0.39, 0.29) is 20.5 Å². The maximum absolute atomic E-state index is 6.12. The number of aromatic nitrogens is 1. The van der Waals surface area contributed by atoms with Gasteiger partial charge in [0.15, 0.2) is 0 Å². The molecule has 3 aliphatic carbocycles. The van der Waals surface area contributed by atoms with Crippen molar-refractivity contribution in [1.82, 2.24) is 4.57 Å². The van der Waals surface area contributed by atoms with Gasteiger partial charge >= 0.3 is 37.9 Å². The van der Waals surface area contributed by atoms with E-state index >= 15 is 0 Å². The van der Waals surface area contributed by atoms with Crippen LogP contribution in [0.3, 0.4) is 0 Å². The molecule has 1 aromatic heterocycles. The van der Waals surface area contributed by atoms with Crippen LogP contribution in [0, 0.1) is 27.7 Å².